The van der Waals surface area contributed by atoms with Gasteiger partial charge in [-0.3, -0.25) is 0 Å². The van der Waals surface area contributed by atoms with E-state index >= 15 is 0 Å². The van der Waals surface area contributed by atoms with Gasteiger partial charge >= 0.3 is 0 Å². The van der Waals surface area contributed by atoms with Crippen molar-refractivity contribution in [3.05, 3.63) is 29.3 Å². The van der Waals surface area contributed by atoms with Crippen LogP contribution in [0.2, 0.25) is 0 Å². The Morgan fingerprint density at radius 2 is 2.07 bits per heavy atom. The molecule has 1 nitrogen and oxygen atoms in total. The van der Waals surface area contributed by atoms with Crippen LogP contribution in [-0.4, -0.2) is 11.4 Å². The highest BCUT2D eigenvalue weighted by Gasteiger charge is 2.05. The molecule has 0 aromatic heterocycles. The fourth-order valence-electron chi connectivity index (χ4n) is 1.36. The predicted molar refractivity (Wildman–Crippen MR) is 64.4 cm³/mol. The molecule has 1 rings (SSSR count). The van der Waals surface area contributed by atoms with Crippen molar-refractivity contribution in [1.29, 1.82) is 0 Å². The Balaban J connectivity index is 2.67. The van der Waals surface area contributed by atoms with E-state index in [1.165, 1.54) is 11.1 Å². The predicted octanol–water partition coefficient (Wildman–Crippen LogP) is 3.86. The van der Waals surface area contributed by atoms with E-state index < -0.39 is 0 Å². The van der Waals surface area contributed by atoms with Gasteiger partial charge < -0.3 is 4.74 Å². The number of alkyl halides is 1. The molecule has 0 N–H and O–H groups in total. The Hall–Kier alpha value is -0.500. The molecule has 0 aliphatic rings. The topological polar surface area (TPSA) is 9.23 Å². The van der Waals surface area contributed by atoms with Crippen molar-refractivity contribution in [1.82, 2.24) is 0 Å². The summed E-state index contributed by atoms with van der Waals surface area (Å²) in [4.78, 5) is 0. The summed E-state index contributed by atoms with van der Waals surface area (Å²) in [6, 6.07) is 6.29. The minimum atomic E-state index is 0.274. The maximum Gasteiger partial charge on any atom is 0.122 e. The molecule has 0 heterocycles. The Labute approximate surface area is 94.6 Å². The summed E-state index contributed by atoms with van der Waals surface area (Å²) in [6.45, 7) is 6.28. The maximum absolute atomic E-state index is 5.81. The van der Waals surface area contributed by atoms with E-state index in [0.29, 0.717) is 0 Å². The molecule has 0 spiro atoms. The molecule has 0 fully saturated rings. The van der Waals surface area contributed by atoms with Gasteiger partial charge in [-0.25, -0.2) is 0 Å². The fraction of sp³-hybridized carbons (Fsp3) is 0.500. The molecule has 1 unspecified atom stereocenters. The van der Waals surface area contributed by atoms with Crippen LogP contribution >= 0.6 is 15.9 Å². The number of halogens is 1. The average Bonchev–Trinajstić information content (AvgIpc) is 2.10. The highest BCUT2D eigenvalue weighted by atomic mass is 79.9. The summed E-state index contributed by atoms with van der Waals surface area (Å²) in [6.07, 6.45) is 1.31. The third-order valence-electron chi connectivity index (χ3n) is 2.17. The van der Waals surface area contributed by atoms with Gasteiger partial charge in [0.1, 0.15) is 5.75 Å². The molecule has 1 atom stereocenters. The van der Waals surface area contributed by atoms with Crippen LogP contribution in [0.4, 0.5) is 0 Å². The molecule has 14 heavy (non-hydrogen) atoms. The summed E-state index contributed by atoms with van der Waals surface area (Å²) < 4.78 is 5.81. The fourth-order valence-corrected chi connectivity index (χ4v) is 2.01. The quantitative estimate of drug-likeness (QED) is 0.744. The molecule has 1 aromatic rings. The van der Waals surface area contributed by atoms with Crippen molar-refractivity contribution in [3.63, 3.8) is 0 Å². The van der Waals surface area contributed by atoms with Gasteiger partial charge in [0, 0.05) is 5.33 Å². The second-order valence-corrected chi connectivity index (χ2v) is 4.47. The first-order valence-corrected chi connectivity index (χ1v) is 6.05. The third kappa shape index (κ3) is 3.33. The van der Waals surface area contributed by atoms with Crippen LogP contribution < -0.4 is 4.74 Å². The van der Waals surface area contributed by atoms with Crippen molar-refractivity contribution in [2.45, 2.75) is 33.3 Å². The molecule has 0 saturated heterocycles. The zero-order valence-corrected chi connectivity index (χ0v) is 10.6. The molecular formula is C12H17BrO. The number of aryl methyl sites for hydroxylation is 2. The molecule has 0 bridgehead atoms. The van der Waals surface area contributed by atoms with Crippen molar-refractivity contribution in [3.8, 4) is 5.75 Å². The highest BCUT2D eigenvalue weighted by Crippen LogP contribution is 2.20. The first-order valence-electron chi connectivity index (χ1n) is 4.93. The standard InChI is InChI=1S/C12H17BrO/c1-9-4-5-12(10(2)8-9)14-11(3)6-7-13/h4-5,8,11H,6-7H2,1-3H3. The van der Waals surface area contributed by atoms with Gasteiger partial charge in [-0.1, -0.05) is 33.6 Å². The van der Waals surface area contributed by atoms with Gasteiger partial charge in [-0.2, -0.15) is 0 Å². The average molecular weight is 257 g/mol. The lowest BCUT2D eigenvalue weighted by Gasteiger charge is -2.15. The Kier molecular flexibility index (Phi) is 4.46. The first-order chi connectivity index (χ1) is 6.63. The van der Waals surface area contributed by atoms with Gasteiger partial charge in [0.2, 0.25) is 0 Å². The van der Waals surface area contributed by atoms with Crippen molar-refractivity contribution in [2.75, 3.05) is 5.33 Å². The van der Waals surface area contributed by atoms with E-state index in [1.54, 1.807) is 0 Å². The van der Waals surface area contributed by atoms with Crippen LogP contribution in [0.5, 0.6) is 5.75 Å². The monoisotopic (exact) mass is 256 g/mol. The Morgan fingerprint density at radius 1 is 1.36 bits per heavy atom. The minimum absolute atomic E-state index is 0.274. The lowest BCUT2D eigenvalue weighted by molar-refractivity contribution is 0.217. The molecule has 0 aliphatic carbocycles. The molecule has 1 aromatic carbocycles. The zero-order valence-electron chi connectivity index (χ0n) is 9.01. The minimum Gasteiger partial charge on any atom is -0.490 e. The Morgan fingerprint density at radius 3 is 2.64 bits per heavy atom. The largest absolute Gasteiger partial charge is 0.490 e. The number of benzene rings is 1. The summed E-state index contributed by atoms with van der Waals surface area (Å²) in [5, 5.41) is 0.985. The molecule has 78 valence electrons. The lowest BCUT2D eigenvalue weighted by Crippen LogP contribution is -2.12. The van der Waals surface area contributed by atoms with Gasteiger partial charge in [0.15, 0.2) is 0 Å². The van der Waals surface area contributed by atoms with Gasteiger partial charge in [-0.05, 0) is 38.8 Å². The van der Waals surface area contributed by atoms with Crippen LogP contribution in [0.3, 0.4) is 0 Å². The molecular weight excluding hydrogens is 240 g/mol. The zero-order chi connectivity index (χ0) is 10.6. The number of rotatable bonds is 4. The molecule has 0 aliphatic heterocycles. The van der Waals surface area contributed by atoms with E-state index in [4.69, 9.17) is 4.74 Å². The second kappa shape index (κ2) is 5.40. The van der Waals surface area contributed by atoms with E-state index in [-0.39, 0.29) is 6.10 Å². The van der Waals surface area contributed by atoms with Crippen LogP contribution in [-0.2, 0) is 0 Å². The van der Waals surface area contributed by atoms with E-state index in [0.717, 1.165) is 17.5 Å². The van der Waals surface area contributed by atoms with Gasteiger partial charge in [0.05, 0.1) is 6.10 Å². The van der Waals surface area contributed by atoms with E-state index in [9.17, 15) is 0 Å². The van der Waals surface area contributed by atoms with E-state index in [2.05, 4.69) is 54.9 Å². The van der Waals surface area contributed by atoms with Crippen molar-refractivity contribution < 1.29 is 4.74 Å². The molecule has 0 saturated carbocycles. The first kappa shape index (κ1) is 11.6. The second-order valence-electron chi connectivity index (χ2n) is 3.68. The van der Waals surface area contributed by atoms with Gasteiger partial charge in [0.25, 0.3) is 0 Å². The number of ether oxygens (including phenoxy) is 1. The van der Waals surface area contributed by atoms with Crippen molar-refractivity contribution >= 4 is 15.9 Å². The van der Waals surface area contributed by atoms with Crippen LogP contribution in [0.15, 0.2) is 18.2 Å². The van der Waals surface area contributed by atoms with Gasteiger partial charge in [-0.15, -0.1) is 0 Å². The summed E-state index contributed by atoms with van der Waals surface area (Å²) in [5.41, 5.74) is 2.49. The maximum atomic E-state index is 5.81. The number of hydrogen-bond donors (Lipinski definition) is 0. The van der Waals surface area contributed by atoms with Crippen LogP contribution in [0, 0.1) is 13.8 Å². The molecule has 0 amide bonds. The molecule has 0 radical (unpaired) electrons. The van der Waals surface area contributed by atoms with E-state index in [1.807, 2.05) is 0 Å². The lowest BCUT2D eigenvalue weighted by atomic mass is 10.1. The smallest absolute Gasteiger partial charge is 0.122 e. The SMILES string of the molecule is Cc1ccc(OC(C)CCBr)c(C)c1. The summed E-state index contributed by atoms with van der Waals surface area (Å²) in [7, 11) is 0. The Bertz CT molecular complexity index is 296. The summed E-state index contributed by atoms with van der Waals surface area (Å²) in [5.74, 6) is 1.00. The van der Waals surface area contributed by atoms with Crippen molar-refractivity contribution in [2.24, 2.45) is 0 Å². The summed E-state index contributed by atoms with van der Waals surface area (Å²) >= 11 is 3.41. The van der Waals surface area contributed by atoms with Crippen LogP contribution in [0.1, 0.15) is 24.5 Å². The van der Waals surface area contributed by atoms with Crippen LogP contribution in [0.25, 0.3) is 0 Å². The molecule has 2 heteroatoms. The normalized spacial score (nSPS) is 12.6. The third-order valence-corrected chi connectivity index (χ3v) is 2.63. The number of hydrogen-bond acceptors (Lipinski definition) is 1. The highest BCUT2D eigenvalue weighted by molar-refractivity contribution is 9.09.